The summed E-state index contributed by atoms with van der Waals surface area (Å²) in [5, 5.41) is 26.0. The van der Waals surface area contributed by atoms with Gasteiger partial charge < -0.3 is 5.73 Å². The summed E-state index contributed by atoms with van der Waals surface area (Å²) < 4.78 is 0. The van der Waals surface area contributed by atoms with Crippen LogP contribution in [0.4, 0.5) is 0 Å². The van der Waals surface area contributed by atoms with Gasteiger partial charge in [0.1, 0.15) is 0 Å². The van der Waals surface area contributed by atoms with E-state index in [2.05, 4.69) is 0 Å². The van der Waals surface area contributed by atoms with E-state index >= 15 is 0 Å². The molecule has 0 fully saturated rings. The van der Waals surface area contributed by atoms with E-state index in [1.54, 1.807) is 54.0 Å². The number of carbonyl (C=O) groups is 1. The lowest BCUT2D eigenvalue weighted by Gasteiger charge is -2.13. The first kappa shape index (κ1) is 16.9. The molecule has 0 saturated heterocycles. The van der Waals surface area contributed by atoms with Crippen molar-refractivity contribution in [2.45, 2.75) is 6.42 Å². The van der Waals surface area contributed by atoms with Gasteiger partial charge >= 0.3 is 0 Å². The van der Waals surface area contributed by atoms with Crippen molar-refractivity contribution in [2.24, 2.45) is 5.73 Å². The number of nitrogens with zero attached hydrogens (tertiary/aromatic N) is 1. The molecule has 0 heterocycles. The molecule has 5 N–H and O–H groups in total. The normalized spacial score (nSPS) is 11.2. The highest BCUT2D eigenvalue weighted by molar-refractivity contribution is 6.16. The fourth-order valence-corrected chi connectivity index (χ4v) is 2.20. The summed E-state index contributed by atoms with van der Waals surface area (Å²) in [6.45, 7) is 0. The maximum Gasteiger partial charge on any atom is 0.247 e. The van der Waals surface area contributed by atoms with Crippen LogP contribution in [0.1, 0.15) is 23.1 Å². The van der Waals surface area contributed by atoms with Crippen LogP contribution in [-0.2, 0) is 4.79 Å². The van der Waals surface area contributed by atoms with Gasteiger partial charge in [-0.2, -0.15) is 5.26 Å². The zero-order valence-corrected chi connectivity index (χ0v) is 12.8. The Morgan fingerprint density at radius 1 is 1.12 bits per heavy atom. The minimum absolute atomic E-state index is 0.0982. The van der Waals surface area contributed by atoms with E-state index in [9.17, 15) is 4.79 Å². The molecule has 0 aromatic heterocycles. The average Bonchev–Trinajstić information content (AvgIpc) is 2.65. The van der Waals surface area contributed by atoms with E-state index in [-0.39, 0.29) is 23.4 Å². The smallest absolute Gasteiger partial charge is 0.247 e. The molecule has 2 aromatic rings. The molecule has 0 atom stereocenters. The van der Waals surface area contributed by atoms with Gasteiger partial charge in [-0.05, 0) is 23.3 Å². The molecule has 2 aromatic carbocycles. The zero-order valence-electron chi connectivity index (χ0n) is 12.8. The summed E-state index contributed by atoms with van der Waals surface area (Å²) in [6.07, 6.45) is -0.240. The van der Waals surface area contributed by atoms with E-state index in [1.165, 1.54) is 0 Å². The van der Waals surface area contributed by atoms with Gasteiger partial charge in [0.2, 0.25) is 5.91 Å². The van der Waals surface area contributed by atoms with Gasteiger partial charge in [-0.1, -0.05) is 42.5 Å². The van der Waals surface area contributed by atoms with E-state index in [1.807, 2.05) is 12.1 Å². The Morgan fingerprint density at radius 2 is 1.75 bits per heavy atom. The molecule has 0 spiro atoms. The Kier molecular flexibility index (Phi) is 5.45. The Balaban J connectivity index is 2.49. The molecule has 24 heavy (non-hydrogen) atoms. The van der Waals surface area contributed by atoms with E-state index < -0.39 is 5.91 Å². The zero-order chi connectivity index (χ0) is 17.5. The van der Waals surface area contributed by atoms with Crippen LogP contribution in [0, 0.1) is 16.7 Å². The number of nitriles is 1. The van der Waals surface area contributed by atoms with Gasteiger partial charge in [-0.3, -0.25) is 15.4 Å². The number of benzene rings is 2. The molecule has 0 saturated carbocycles. The summed E-state index contributed by atoms with van der Waals surface area (Å²) in [7, 11) is 0. The summed E-state index contributed by atoms with van der Waals surface area (Å²) >= 11 is 0. The predicted octanol–water partition coefficient (Wildman–Crippen LogP) is 2.19. The Bertz CT molecular complexity index is 818. The highest BCUT2D eigenvalue weighted by atomic mass is 16.5. The molecule has 6 nitrogen and oxygen atoms in total. The van der Waals surface area contributed by atoms with Crippen LogP contribution in [0.5, 0.6) is 0 Å². The van der Waals surface area contributed by atoms with Crippen molar-refractivity contribution in [1.29, 1.82) is 10.7 Å². The van der Waals surface area contributed by atoms with Gasteiger partial charge in [0.05, 0.1) is 23.8 Å². The van der Waals surface area contributed by atoms with Crippen molar-refractivity contribution < 1.29 is 10.0 Å². The first-order valence-corrected chi connectivity index (χ1v) is 7.13. The summed E-state index contributed by atoms with van der Waals surface area (Å²) in [5.74, 6) is -0.665. The number of nitrogens with two attached hydrogens (primary N) is 1. The molecule has 120 valence electrons. The number of hydroxylamine groups is 1. The monoisotopic (exact) mass is 320 g/mol. The molecule has 0 aliphatic heterocycles. The number of carbonyl (C=O) groups excluding carboxylic acids is 1. The molecule has 2 rings (SSSR count). The summed E-state index contributed by atoms with van der Waals surface area (Å²) in [6, 6.07) is 17.4. The van der Waals surface area contributed by atoms with Crippen LogP contribution < -0.4 is 11.2 Å². The van der Waals surface area contributed by atoms with Crippen molar-refractivity contribution in [1.82, 2.24) is 5.48 Å². The topological polar surface area (TPSA) is 123 Å². The van der Waals surface area contributed by atoms with E-state index in [4.69, 9.17) is 21.6 Å². The van der Waals surface area contributed by atoms with Crippen molar-refractivity contribution in [3.8, 4) is 6.07 Å². The third-order valence-electron chi connectivity index (χ3n) is 3.48. The Labute approximate surface area is 139 Å². The van der Waals surface area contributed by atoms with Crippen LogP contribution in [0.15, 0.2) is 60.2 Å². The van der Waals surface area contributed by atoms with Crippen LogP contribution >= 0.6 is 0 Å². The average molecular weight is 320 g/mol. The van der Waals surface area contributed by atoms with Gasteiger partial charge in [0.25, 0.3) is 0 Å². The largest absolute Gasteiger partial charge is 0.398 e. The highest BCUT2D eigenvalue weighted by Crippen LogP contribution is 2.21. The van der Waals surface area contributed by atoms with E-state index in [0.717, 1.165) is 0 Å². The van der Waals surface area contributed by atoms with Crippen LogP contribution in [0.2, 0.25) is 0 Å². The second-order valence-corrected chi connectivity index (χ2v) is 5.03. The first-order valence-electron chi connectivity index (χ1n) is 7.13. The van der Waals surface area contributed by atoms with Crippen molar-refractivity contribution in [3.63, 3.8) is 0 Å². The van der Waals surface area contributed by atoms with Gasteiger partial charge in [0.15, 0.2) is 0 Å². The molecule has 1 amide bonds. The molecule has 0 radical (unpaired) electrons. The third-order valence-corrected chi connectivity index (χ3v) is 3.48. The molecule has 6 heteroatoms. The van der Waals surface area contributed by atoms with Crippen molar-refractivity contribution in [2.75, 3.05) is 0 Å². The van der Waals surface area contributed by atoms with Crippen LogP contribution in [-0.4, -0.2) is 16.8 Å². The maximum atomic E-state index is 11.6. The lowest BCUT2D eigenvalue weighted by atomic mass is 9.95. The fraction of sp³-hybridized carbons (Fsp3) is 0.0556. The molecule has 0 bridgehead atoms. The maximum absolute atomic E-state index is 11.6. The Hall–Kier alpha value is -3.43. The summed E-state index contributed by atoms with van der Waals surface area (Å²) in [4.78, 5) is 11.6. The van der Waals surface area contributed by atoms with Crippen LogP contribution in [0.25, 0.3) is 5.70 Å². The molecule has 0 unspecified atom stereocenters. The Morgan fingerprint density at radius 3 is 2.29 bits per heavy atom. The van der Waals surface area contributed by atoms with Crippen molar-refractivity contribution >= 4 is 17.3 Å². The van der Waals surface area contributed by atoms with E-state index in [0.29, 0.717) is 16.7 Å². The van der Waals surface area contributed by atoms with Crippen LogP contribution in [0.3, 0.4) is 0 Å². The second-order valence-electron chi connectivity index (χ2n) is 5.03. The number of amides is 1. The van der Waals surface area contributed by atoms with Crippen molar-refractivity contribution in [3.05, 3.63) is 76.9 Å². The molecular formula is C18H16N4O2. The lowest BCUT2D eigenvalue weighted by Crippen LogP contribution is -2.23. The van der Waals surface area contributed by atoms with Gasteiger partial charge in [0, 0.05) is 11.3 Å². The number of hydrogen-bond acceptors (Lipinski definition) is 5. The predicted molar refractivity (Wildman–Crippen MR) is 90.1 cm³/mol. The lowest BCUT2D eigenvalue weighted by molar-refractivity contribution is -0.128. The second kappa shape index (κ2) is 7.72. The van der Waals surface area contributed by atoms with Gasteiger partial charge in [-0.25, -0.2) is 5.48 Å². The fourth-order valence-electron chi connectivity index (χ4n) is 2.20. The third kappa shape index (κ3) is 3.85. The van der Waals surface area contributed by atoms with Gasteiger partial charge in [-0.15, -0.1) is 0 Å². The SMILES string of the molecule is N#Cc1ccc(/C(N)=C(\CC(=O)NO)C(=N)c2ccccc2)cc1. The first-order chi connectivity index (χ1) is 11.6. The molecule has 0 aliphatic carbocycles. The quantitative estimate of drug-likeness (QED) is 0.383. The highest BCUT2D eigenvalue weighted by Gasteiger charge is 2.17. The summed E-state index contributed by atoms with van der Waals surface area (Å²) in [5.41, 5.74) is 10.0. The number of rotatable bonds is 5. The molecule has 0 aliphatic rings. The minimum atomic E-state index is -0.665. The molecular weight excluding hydrogens is 304 g/mol. The number of nitrogens with one attached hydrogen (secondary N) is 2. The standard InChI is InChI=1S/C18H16N4O2/c19-11-12-6-8-14(9-7-12)18(21)15(10-16(23)22-24)17(20)13-4-2-1-3-5-13/h1-9,20,24H,10,21H2,(H,22,23)/b18-15-,20-17?. The minimum Gasteiger partial charge on any atom is -0.398 e. The number of hydrogen-bond donors (Lipinski definition) is 4.